The van der Waals surface area contributed by atoms with Gasteiger partial charge in [0.15, 0.2) is 5.03 Å². The summed E-state index contributed by atoms with van der Waals surface area (Å²) >= 11 is 4.62. The summed E-state index contributed by atoms with van der Waals surface area (Å²) in [6.45, 7) is 3.15. The zero-order valence-electron chi connectivity index (χ0n) is 18.2. The van der Waals surface area contributed by atoms with E-state index in [1.54, 1.807) is 35.2 Å². The third-order valence-electron chi connectivity index (χ3n) is 5.55. The van der Waals surface area contributed by atoms with Crippen molar-refractivity contribution in [2.75, 3.05) is 43.2 Å². The molecule has 1 aromatic carbocycles. The van der Waals surface area contributed by atoms with Crippen molar-refractivity contribution in [2.24, 2.45) is 5.10 Å². The molecule has 13 heteroatoms. The van der Waals surface area contributed by atoms with Crippen LogP contribution < -0.4 is 15.5 Å². The first kappa shape index (κ1) is 24.3. The molecule has 2 N–H and O–H groups in total. The van der Waals surface area contributed by atoms with Gasteiger partial charge in [-0.3, -0.25) is 9.59 Å². The van der Waals surface area contributed by atoms with Gasteiger partial charge in [0.1, 0.15) is 12.1 Å². The molecule has 3 heterocycles. The van der Waals surface area contributed by atoms with E-state index in [1.165, 1.54) is 11.3 Å². The fourth-order valence-electron chi connectivity index (χ4n) is 3.86. The standard InChI is InChI=1S/C21H22BrN5O6S/c1-13-10-14(2-3-15(13)26-7-9-32-11-18(26)25-27(30)31)23-20(29)21(6-8-33-12-21)24-19(28)16-4-5-17(22)34-16/h2-5,10H,6-9,11-12H2,1H3,(H,23,29)(H,24,28). The Hall–Kier alpha value is -2.87. The zero-order chi connectivity index (χ0) is 24.3. The number of nitrogens with one attached hydrogen (secondary N) is 2. The average molecular weight is 552 g/mol. The maximum atomic E-state index is 13.2. The molecule has 0 radical (unpaired) electrons. The second kappa shape index (κ2) is 10.2. The van der Waals surface area contributed by atoms with Gasteiger partial charge in [0.05, 0.1) is 27.0 Å². The summed E-state index contributed by atoms with van der Waals surface area (Å²) in [4.78, 5) is 39.1. The number of halogens is 1. The lowest BCUT2D eigenvalue weighted by Gasteiger charge is -2.30. The number of amides is 2. The van der Waals surface area contributed by atoms with Crippen molar-refractivity contribution < 1.29 is 24.1 Å². The van der Waals surface area contributed by atoms with Gasteiger partial charge in [-0.15, -0.1) is 11.3 Å². The summed E-state index contributed by atoms with van der Waals surface area (Å²) in [5.41, 5.74) is 0.875. The highest BCUT2D eigenvalue weighted by atomic mass is 79.9. The summed E-state index contributed by atoms with van der Waals surface area (Å²) in [5.74, 6) is -0.503. The van der Waals surface area contributed by atoms with Crippen LogP contribution in [-0.4, -0.2) is 61.2 Å². The Morgan fingerprint density at radius 2 is 2.09 bits per heavy atom. The summed E-state index contributed by atoms with van der Waals surface area (Å²) in [6.07, 6.45) is 0.350. The minimum atomic E-state index is -1.18. The molecule has 2 aromatic rings. The average Bonchev–Trinajstić information content (AvgIpc) is 3.44. The summed E-state index contributed by atoms with van der Waals surface area (Å²) in [6, 6.07) is 8.72. The molecule has 180 valence electrons. The minimum absolute atomic E-state index is 0.0436. The van der Waals surface area contributed by atoms with E-state index in [2.05, 4.69) is 31.7 Å². The molecular formula is C21H22BrN5O6S. The Kier molecular flexibility index (Phi) is 7.26. The van der Waals surface area contributed by atoms with E-state index in [0.717, 1.165) is 15.0 Å². The Morgan fingerprint density at radius 3 is 2.74 bits per heavy atom. The maximum absolute atomic E-state index is 13.2. The smallest absolute Gasteiger partial charge is 0.262 e. The first-order valence-corrected chi connectivity index (χ1v) is 12.0. The van der Waals surface area contributed by atoms with Gasteiger partial charge in [-0.25, -0.2) is 10.1 Å². The number of rotatable bonds is 6. The first-order chi connectivity index (χ1) is 16.3. The van der Waals surface area contributed by atoms with E-state index in [9.17, 15) is 19.7 Å². The Labute approximate surface area is 207 Å². The van der Waals surface area contributed by atoms with Gasteiger partial charge in [0.2, 0.25) is 5.84 Å². The fraction of sp³-hybridized carbons (Fsp3) is 0.381. The number of hydrogen-bond donors (Lipinski definition) is 2. The number of carbonyl (C=O) groups excluding carboxylic acids is 2. The van der Waals surface area contributed by atoms with Crippen molar-refractivity contribution in [3.05, 3.63) is 54.7 Å². The van der Waals surface area contributed by atoms with E-state index in [4.69, 9.17) is 9.47 Å². The molecular weight excluding hydrogens is 530 g/mol. The normalized spacial score (nSPS) is 21.5. The second-order valence-corrected chi connectivity index (χ2v) is 10.3. The number of nitro groups is 1. The van der Waals surface area contributed by atoms with Crippen LogP contribution in [0.4, 0.5) is 11.4 Å². The van der Waals surface area contributed by atoms with Gasteiger partial charge < -0.3 is 25.0 Å². The lowest BCUT2D eigenvalue weighted by Crippen LogP contribution is -2.57. The molecule has 1 atom stereocenters. The highest BCUT2D eigenvalue weighted by molar-refractivity contribution is 9.11. The predicted molar refractivity (Wildman–Crippen MR) is 130 cm³/mol. The van der Waals surface area contributed by atoms with Gasteiger partial charge in [-0.05, 0) is 58.7 Å². The van der Waals surface area contributed by atoms with Crippen molar-refractivity contribution in [3.8, 4) is 0 Å². The van der Waals surface area contributed by atoms with Crippen molar-refractivity contribution >= 4 is 56.3 Å². The molecule has 2 aliphatic rings. The molecule has 0 bridgehead atoms. The quantitative estimate of drug-likeness (QED) is 0.416. The van der Waals surface area contributed by atoms with E-state index in [1.807, 2.05) is 6.92 Å². The van der Waals surface area contributed by atoms with Gasteiger partial charge in [0.25, 0.3) is 11.8 Å². The Bertz CT molecular complexity index is 1150. The molecule has 2 saturated heterocycles. The molecule has 0 spiro atoms. The van der Waals surface area contributed by atoms with Crippen molar-refractivity contribution in [2.45, 2.75) is 18.9 Å². The minimum Gasteiger partial charge on any atom is -0.378 e. The Morgan fingerprint density at radius 1 is 1.26 bits per heavy atom. The molecule has 2 fully saturated rings. The lowest BCUT2D eigenvalue weighted by atomic mass is 9.96. The molecule has 1 aromatic heterocycles. The summed E-state index contributed by atoms with van der Waals surface area (Å²) in [7, 11) is 0. The number of carbonyl (C=O) groups is 2. The number of anilines is 2. The van der Waals surface area contributed by atoms with Crippen LogP contribution in [0, 0.1) is 17.0 Å². The van der Waals surface area contributed by atoms with Crippen molar-refractivity contribution in [1.82, 2.24) is 5.32 Å². The monoisotopic (exact) mass is 551 g/mol. The number of hydrazone groups is 1. The van der Waals surface area contributed by atoms with Crippen LogP contribution in [0.5, 0.6) is 0 Å². The van der Waals surface area contributed by atoms with Crippen LogP contribution in [0.15, 0.2) is 39.2 Å². The number of morpholine rings is 1. The third-order valence-corrected chi connectivity index (χ3v) is 7.17. The van der Waals surface area contributed by atoms with Crippen LogP contribution in [0.25, 0.3) is 0 Å². The summed E-state index contributed by atoms with van der Waals surface area (Å²) in [5, 5.41) is 19.3. The largest absolute Gasteiger partial charge is 0.378 e. The number of aryl methyl sites for hydroxylation is 1. The van der Waals surface area contributed by atoms with Crippen LogP contribution in [0.3, 0.4) is 0 Å². The van der Waals surface area contributed by atoms with E-state index < -0.39 is 10.6 Å². The number of amidine groups is 1. The predicted octanol–water partition coefficient (Wildman–Crippen LogP) is 2.77. The van der Waals surface area contributed by atoms with E-state index in [-0.39, 0.29) is 30.9 Å². The topological polar surface area (TPSA) is 135 Å². The zero-order valence-corrected chi connectivity index (χ0v) is 20.6. The molecule has 2 amide bonds. The molecule has 0 aliphatic carbocycles. The third kappa shape index (κ3) is 5.27. The van der Waals surface area contributed by atoms with Crippen LogP contribution in [0.2, 0.25) is 0 Å². The number of thiophene rings is 1. The Balaban J connectivity index is 1.51. The van der Waals surface area contributed by atoms with Crippen LogP contribution in [0.1, 0.15) is 21.7 Å². The fourth-order valence-corrected chi connectivity index (χ4v) is 5.15. The number of ether oxygens (including phenoxy) is 2. The molecule has 11 nitrogen and oxygen atoms in total. The molecule has 34 heavy (non-hydrogen) atoms. The SMILES string of the molecule is Cc1cc(NC(=O)C2(NC(=O)c3ccc(Br)s3)CCOC2)ccc1N1CCOCC1=N[N+](=O)[O-]. The van der Waals surface area contributed by atoms with E-state index in [0.29, 0.717) is 36.7 Å². The molecule has 0 saturated carbocycles. The lowest BCUT2D eigenvalue weighted by molar-refractivity contribution is -0.485. The number of nitrogens with zero attached hydrogens (tertiary/aromatic N) is 3. The van der Waals surface area contributed by atoms with Gasteiger partial charge >= 0.3 is 0 Å². The van der Waals surface area contributed by atoms with Gasteiger partial charge in [-0.2, -0.15) is 0 Å². The van der Waals surface area contributed by atoms with Crippen LogP contribution >= 0.6 is 27.3 Å². The van der Waals surface area contributed by atoms with Gasteiger partial charge in [0, 0.05) is 30.9 Å². The van der Waals surface area contributed by atoms with Crippen molar-refractivity contribution in [1.29, 1.82) is 0 Å². The highest BCUT2D eigenvalue weighted by Crippen LogP contribution is 2.28. The molecule has 4 rings (SSSR count). The highest BCUT2D eigenvalue weighted by Gasteiger charge is 2.44. The number of benzene rings is 1. The maximum Gasteiger partial charge on any atom is 0.262 e. The van der Waals surface area contributed by atoms with Crippen LogP contribution in [-0.2, 0) is 14.3 Å². The van der Waals surface area contributed by atoms with E-state index >= 15 is 0 Å². The molecule has 1 unspecified atom stereocenters. The molecule has 2 aliphatic heterocycles. The number of hydrogen-bond acceptors (Lipinski definition) is 7. The summed E-state index contributed by atoms with van der Waals surface area (Å²) < 4.78 is 11.6. The van der Waals surface area contributed by atoms with Crippen molar-refractivity contribution in [3.63, 3.8) is 0 Å². The first-order valence-electron chi connectivity index (χ1n) is 10.4. The van der Waals surface area contributed by atoms with Gasteiger partial charge in [-0.1, -0.05) is 0 Å². The second-order valence-electron chi connectivity index (χ2n) is 7.86.